The highest BCUT2D eigenvalue weighted by molar-refractivity contribution is 5.80. The first-order chi connectivity index (χ1) is 7.00. The molecule has 2 amide bonds. The number of likely N-dealkylation sites (N-methyl/N-ethyl adjacent to an activating group) is 1. The second-order valence-electron chi connectivity index (χ2n) is 3.78. The monoisotopic (exact) mass is 216 g/mol. The summed E-state index contributed by atoms with van der Waals surface area (Å²) in [7, 11) is 3.35. The third-order valence-electron chi connectivity index (χ3n) is 2.32. The van der Waals surface area contributed by atoms with Crippen molar-refractivity contribution < 1.29 is 19.4 Å². The summed E-state index contributed by atoms with van der Waals surface area (Å²) in [5.41, 5.74) is 0. The van der Waals surface area contributed by atoms with E-state index in [9.17, 15) is 9.59 Å². The number of hydrogen-bond acceptors (Lipinski definition) is 3. The van der Waals surface area contributed by atoms with Gasteiger partial charge < -0.3 is 20.1 Å². The summed E-state index contributed by atoms with van der Waals surface area (Å²) in [5, 5.41) is 10.8. The Kier molecular flexibility index (Phi) is 3.90. The van der Waals surface area contributed by atoms with Crippen LogP contribution in [0.25, 0.3) is 0 Å². The molecule has 2 N–H and O–H groups in total. The topological polar surface area (TPSA) is 78.9 Å². The van der Waals surface area contributed by atoms with Crippen LogP contribution >= 0.6 is 0 Å². The lowest BCUT2D eigenvalue weighted by Gasteiger charge is -2.29. The van der Waals surface area contributed by atoms with Gasteiger partial charge in [0, 0.05) is 14.1 Å². The van der Waals surface area contributed by atoms with Crippen molar-refractivity contribution in [1.82, 2.24) is 10.2 Å². The summed E-state index contributed by atoms with van der Waals surface area (Å²) in [6.45, 7) is 0.260. The fourth-order valence-corrected chi connectivity index (χ4v) is 1.52. The summed E-state index contributed by atoms with van der Waals surface area (Å²) in [6, 6.07) is -0.200. The zero-order valence-electron chi connectivity index (χ0n) is 8.90. The Morgan fingerprint density at radius 1 is 1.40 bits per heavy atom. The third kappa shape index (κ3) is 3.39. The van der Waals surface area contributed by atoms with Gasteiger partial charge in [-0.1, -0.05) is 0 Å². The molecule has 0 spiro atoms. The van der Waals surface area contributed by atoms with Crippen LogP contribution in [-0.4, -0.2) is 54.9 Å². The molecule has 6 heteroatoms. The second kappa shape index (κ2) is 4.97. The molecule has 1 saturated heterocycles. The molecule has 0 aliphatic carbocycles. The van der Waals surface area contributed by atoms with Gasteiger partial charge in [0.15, 0.2) is 0 Å². The lowest BCUT2D eigenvalue weighted by Crippen LogP contribution is -2.46. The van der Waals surface area contributed by atoms with E-state index in [1.54, 1.807) is 14.1 Å². The molecule has 1 aliphatic rings. The van der Waals surface area contributed by atoms with Crippen LogP contribution in [0.3, 0.4) is 0 Å². The fraction of sp³-hybridized carbons (Fsp3) is 0.778. The maximum Gasteiger partial charge on any atom is 0.404 e. The van der Waals surface area contributed by atoms with E-state index in [1.807, 2.05) is 0 Å². The van der Waals surface area contributed by atoms with Crippen molar-refractivity contribution in [3.05, 3.63) is 0 Å². The predicted molar refractivity (Wildman–Crippen MR) is 52.6 cm³/mol. The van der Waals surface area contributed by atoms with Crippen LogP contribution in [0.1, 0.15) is 12.8 Å². The van der Waals surface area contributed by atoms with Gasteiger partial charge in [-0.3, -0.25) is 4.79 Å². The molecule has 0 radical (unpaired) electrons. The Balaban J connectivity index is 2.35. The molecule has 0 aromatic heterocycles. The summed E-state index contributed by atoms with van der Waals surface area (Å²) in [4.78, 5) is 23.3. The second-order valence-corrected chi connectivity index (χ2v) is 3.78. The summed E-state index contributed by atoms with van der Waals surface area (Å²) in [6.07, 6.45) is -0.286. The van der Waals surface area contributed by atoms with Gasteiger partial charge in [0.25, 0.3) is 5.91 Å². The van der Waals surface area contributed by atoms with Gasteiger partial charge in [0.2, 0.25) is 0 Å². The van der Waals surface area contributed by atoms with E-state index in [-0.39, 0.29) is 18.6 Å². The Morgan fingerprint density at radius 3 is 2.47 bits per heavy atom. The van der Waals surface area contributed by atoms with Crippen molar-refractivity contribution in [3.63, 3.8) is 0 Å². The van der Waals surface area contributed by atoms with E-state index in [1.165, 1.54) is 4.90 Å². The molecule has 1 aliphatic heterocycles. The maximum atomic E-state index is 11.5. The zero-order chi connectivity index (χ0) is 11.4. The van der Waals surface area contributed by atoms with E-state index >= 15 is 0 Å². The number of nitrogens with one attached hydrogen (secondary N) is 1. The van der Waals surface area contributed by atoms with E-state index in [0.717, 1.165) is 0 Å². The number of carboxylic acid groups (broad SMARTS) is 1. The minimum Gasteiger partial charge on any atom is -0.465 e. The minimum atomic E-state index is -1.05. The minimum absolute atomic E-state index is 0.0659. The number of carbonyl (C=O) groups is 2. The summed E-state index contributed by atoms with van der Waals surface area (Å²) in [5.74, 6) is -0.0659. The molecule has 0 aromatic rings. The molecule has 6 nitrogen and oxygen atoms in total. The average molecular weight is 216 g/mol. The number of nitrogens with zero attached hydrogens (tertiary/aromatic N) is 1. The Bertz CT molecular complexity index is 246. The molecule has 1 fully saturated rings. The molecule has 86 valence electrons. The molecule has 0 saturated carbocycles. The van der Waals surface area contributed by atoms with Gasteiger partial charge >= 0.3 is 6.09 Å². The lowest BCUT2D eigenvalue weighted by atomic mass is 10.0. The molecule has 0 bridgehead atoms. The number of hydrogen-bond donors (Lipinski definition) is 2. The number of amides is 2. The highest BCUT2D eigenvalue weighted by Gasteiger charge is 2.28. The van der Waals surface area contributed by atoms with Gasteiger partial charge in [-0.05, 0) is 12.8 Å². The molecular formula is C9H16N2O4. The Hall–Kier alpha value is -1.30. The smallest absolute Gasteiger partial charge is 0.404 e. The number of rotatable bonds is 2. The zero-order valence-corrected chi connectivity index (χ0v) is 8.90. The Morgan fingerprint density at radius 2 is 2.07 bits per heavy atom. The highest BCUT2D eigenvalue weighted by Crippen LogP contribution is 2.14. The Labute approximate surface area is 88.2 Å². The van der Waals surface area contributed by atoms with Gasteiger partial charge in [0.1, 0.15) is 6.10 Å². The van der Waals surface area contributed by atoms with Crippen molar-refractivity contribution in [2.75, 3.05) is 20.7 Å². The molecule has 1 rings (SSSR count). The fourth-order valence-electron chi connectivity index (χ4n) is 1.52. The van der Waals surface area contributed by atoms with Crippen LogP contribution in [0.15, 0.2) is 0 Å². The van der Waals surface area contributed by atoms with Crippen molar-refractivity contribution >= 4 is 12.0 Å². The van der Waals surface area contributed by atoms with Crippen molar-refractivity contribution in [1.29, 1.82) is 0 Å². The first kappa shape index (κ1) is 11.8. The number of ether oxygens (including phenoxy) is 1. The molecule has 15 heavy (non-hydrogen) atoms. The average Bonchev–Trinajstić information content (AvgIpc) is 2.17. The van der Waals surface area contributed by atoms with Gasteiger partial charge in [-0.2, -0.15) is 0 Å². The van der Waals surface area contributed by atoms with E-state index < -0.39 is 12.2 Å². The summed E-state index contributed by atoms with van der Waals surface area (Å²) >= 11 is 0. The first-order valence-electron chi connectivity index (χ1n) is 4.83. The first-order valence-corrected chi connectivity index (χ1v) is 4.83. The van der Waals surface area contributed by atoms with Crippen LogP contribution in [0, 0.1) is 0 Å². The SMILES string of the molecule is CN(C)C(=O)[C@@H]1CC[C@@H](NC(=O)O)CO1. The third-order valence-corrected chi connectivity index (χ3v) is 2.32. The van der Waals surface area contributed by atoms with Crippen molar-refractivity contribution in [2.24, 2.45) is 0 Å². The molecular weight excluding hydrogens is 200 g/mol. The molecule has 1 heterocycles. The lowest BCUT2D eigenvalue weighted by molar-refractivity contribution is -0.144. The van der Waals surface area contributed by atoms with Crippen LogP contribution < -0.4 is 5.32 Å². The van der Waals surface area contributed by atoms with Crippen LogP contribution in [0.2, 0.25) is 0 Å². The van der Waals surface area contributed by atoms with Gasteiger partial charge in [0.05, 0.1) is 12.6 Å². The standard InChI is InChI=1S/C9H16N2O4/c1-11(2)8(12)7-4-3-6(5-15-7)10-9(13)14/h6-7,10H,3-5H2,1-2H3,(H,13,14)/t6-,7+/m1/s1. The predicted octanol–water partition coefficient (Wildman–Crippen LogP) is -0.110. The highest BCUT2D eigenvalue weighted by atomic mass is 16.5. The van der Waals surface area contributed by atoms with E-state index in [2.05, 4.69) is 5.32 Å². The molecule has 2 atom stereocenters. The molecule has 0 aromatic carbocycles. The normalized spacial score (nSPS) is 25.7. The van der Waals surface area contributed by atoms with Crippen LogP contribution in [0.4, 0.5) is 4.79 Å². The van der Waals surface area contributed by atoms with Crippen molar-refractivity contribution in [2.45, 2.75) is 25.0 Å². The quantitative estimate of drug-likeness (QED) is 0.675. The maximum absolute atomic E-state index is 11.5. The van der Waals surface area contributed by atoms with Crippen LogP contribution in [-0.2, 0) is 9.53 Å². The van der Waals surface area contributed by atoms with Crippen molar-refractivity contribution in [3.8, 4) is 0 Å². The summed E-state index contributed by atoms with van der Waals surface area (Å²) < 4.78 is 5.30. The van der Waals surface area contributed by atoms with E-state index in [0.29, 0.717) is 12.8 Å². The van der Waals surface area contributed by atoms with Crippen LogP contribution in [0.5, 0.6) is 0 Å². The van der Waals surface area contributed by atoms with Gasteiger partial charge in [-0.15, -0.1) is 0 Å². The number of carbonyl (C=O) groups excluding carboxylic acids is 1. The van der Waals surface area contributed by atoms with Gasteiger partial charge in [-0.25, -0.2) is 4.79 Å². The largest absolute Gasteiger partial charge is 0.465 e. The van der Waals surface area contributed by atoms with E-state index in [4.69, 9.17) is 9.84 Å². The molecule has 0 unspecified atom stereocenters.